The minimum Gasteiger partial charge on any atom is -0.263 e. The van der Waals surface area contributed by atoms with Gasteiger partial charge in [-0.25, -0.2) is 9.97 Å². The van der Waals surface area contributed by atoms with E-state index in [1.54, 1.807) is 48.3 Å². The van der Waals surface area contributed by atoms with Crippen molar-refractivity contribution in [1.29, 1.82) is 10.5 Å². The van der Waals surface area contributed by atoms with Crippen LogP contribution in [0.3, 0.4) is 0 Å². The first-order chi connectivity index (χ1) is 20.2. The molecule has 6 nitrogen and oxygen atoms in total. The summed E-state index contributed by atoms with van der Waals surface area (Å²) in [7, 11) is 0. The van der Waals surface area contributed by atoms with Gasteiger partial charge in [-0.15, -0.1) is 11.3 Å². The first-order valence-electron chi connectivity index (χ1n) is 12.8. The largest absolute Gasteiger partial charge is 0.263 e. The van der Waals surface area contributed by atoms with Crippen LogP contribution in [0, 0.1) is 22.7 Å². The lowest BCUT2D eigenvalue weighted by Crippen LogP contribution is -1.89. The highest BCUT2D eigenvalue weighted by atomic mass is 32.1. The molecule has 7 heteroatoms. The monoisotopic (exact) mass is 542 g/mol. The molecule has 190 valence electrons. The predicted molar refractivity (Wildman–Crippen MR) is 162 cm³/mol. The summed E-state index contributed by atoms with van der Waals surface area (Å²) in [5.74, 6) is 0. The van der Waals surface area contributed by atoms with Crippen LogP contribution in [0.15, 0.2) is 110 Å². The Morgan fingerprint density at radius 2 is 0.927 bits per heavy atom. The topological polar surface area (TPSA) is 99.1 Å². The van der Waals surface area contributed by atoms with Gasteiger partial charge in [0.05, 0.1) is 33.9 Å². The SMILES string of the molecule is N#Cc1cncc(-c2cccc(-c3ccc4c(c3)sc3cc(-c5cccc(-c6cncc(C#N)c6)n5)ccc34)n2)c1. The number of thiophene rings is 1. The van der Waals surface area contributed by atoms with Crippen LogP contribution in [-0.4, -0.2) is 19.9 Å². The molecule has 0 aliphatic carbocycles. The summed E-state index contributed by atoms with van der Waals surface area (Å²) in [5, 5.41) is 20.9. The van der Waals surface area contributed by atoms with Gasteiger partial charge in [0, 0.05) is 67.2 Å². The fourth-order valence-corrected chi connectivity index (χ4v) is 6.08. The van der Waals surface area contributed by atoms with E-state index >= 15 is 0 Å². The van der Waals surface area contributed by atoms with Gasteiger partial charge in [-0.2, -0.15) is 10.5 Å². The van der Waals surface area contributed by atoms with Gasteiger partial charge >= 0.3 is 0 Å². The molecule has 0 N–H and O–H groups in total. The number of benzene rings is 2. The molecule has 0 bridgehead atoms. The van der Waals surface area contributed by atoms with Crippen molar-refractivity contribution < 1.29 is 0 Å². The number of rotatable bonds is 4. The zero-order valence-corrected chi connectivity index (χ0v) is 22.3. The number of aromatic nitrogens is 4. The zero-order valence-electron chi connectivity index (χ0n) is 21.5. The van der Waals surface area contributed by atoms with Crippen LogP contribution in [0.4, 0.5) is 0 Å². The number of nitriles is 2. The molecule has 0 fully saturated rings. The van der Waals surface area contributed by atoms with Crippen molar-refractivity contribution in [1.82, 2.24) is 19.9 Å². The van der Waals surface area contributed by atoms with Gasteiger partial charge in [0.25, 0.3) is 0 Å². The second-order valence-corrected chi connectivity index (χ2v) is 10.6. The Morgan fingerprint density at radius 1 is 0.488 bits per heavy atom. The van der Waals surface area contributed by atoms with Crippen LogP contribution in [0.5, 0.6) is 0 Å². The smallest absolute Gasteiger partial charge is 0.101 e. The number of hydrogen-bond acceptors (Lipinski definition) is 7. The molecule has 0 radical (unpaired) electrons. The van der Waals surface area contributed by atoms with Gasteiger partial charge in [0.1, 0.15) is 12.1 Å². The number of pyridine rings is 4. The van der Waals surface area contributed by atoms with E-state index in [1.165, 1.54) is 20.2 Å². The molecule has 2 aromatic carbocycles. The molecule has 7 rings (SSSR count). The Kier molecular flexibility index (Phi) is 5.98. The average Bonchev–Trinajstić information content (AvgIpc) is 3.42. The molecule has 0 saturated carbocycles. The first kappa shape index (κ1) is 24.3. The second-order valence-electron chi connectivity index (χ2n) is 9.49. The van der Waals surface area contributed by atoms with E-state index in [1.807, 2.05) is 36.4 Å². The summed E-state index contributed by atoms with van der Waals surface area (Å²) >= 11 is 1.74. The Morgan fingerprint density at radius 3 is 1.37 bits per heavy atom. The Labute approximate surface area is 239 Å². The lowest BCUT2D eigenvalue weighted by molar-refractivity contribution is 1.26. The Hall–Kier alpha value is -5.76. The molecule has 0 aliphatic rings. The summed E-state index contributed by atoms with van der Waals surface area (Å²) in [6.07, 6.45) is 6.55. The fraction of sp³-hybridized carbons (Fsp3) is 0. The van der Waals surface area contributed by atoms with Crippen molar-refractivity contribution in [2.24, 2.45) is 0 Å². The van der Waals surface area contributed by atoms with Gasteiger partial charge in [-0.05, 0) is 48.5 Å². The van der Waals surface area contributed by atoms with E-state index in [2.05, 4.69) is 58.5 Å². The molecule has 0 aliphatic heterocycles. The fourth-order valence-electron chi connectivity index (χ4n) is 4.89. The first-order valence-corrected chi connectivity index (χ1v) is 13.6. The van der Waals surface area contributed by atoms with E-state index in [9.17, 15) is 10.5 Å². The maximum absolute atomic E-state index is 9.24. The number of hydrogen-bond donors (Lipinski definition) is 0. The standard InChI is InChI=1S/C34H18N6S/c35-15-21-11-25(19-37-17-21)31-5-1-3-29(39-31)23-7-9-27-28-10-8-24(14-34(28)41-33(27)13-23)30-4-2-6-32(40-30)26-12-22(16-36)18-38-20-26/h1-14,17-20H. The minimum atomic E-state index is 0.507. The maximum atomic E-state index is 9.24. The van der Waals surface area contributed by atoms with Gasteiger partial charge in [-0.1, -0.05) is 36.4 Å². The summed E-state index contributed by atoms with van der Waals surface area (Å²) in [6, 6.07) is 32.6. The van der Waals surface area contributed by atoms with E-state index in [0.717, 1.165) is 45.0 Å². The molecule has 0 atom stereocenters. The molecular formula is C34H18N6S. The molecule has 0 unspecified atom stereocenters. The highest BCUT2D eigenvalue weighted by Crippen LogP contribution is 2.38. The molecule has 0 saturated heterocycles. The van der Waals surface area contributed by atoms with Gasteiger partial charge in [0.2, 0.25) is 0 Å². The normalized spacial score (nSPS) is 10.9. The summed E-state index contributed by atoms with van der Waals surface area (Å²) in [6.45, 7) is 0. The van der Waals surface area contributed by atoms with Crippen molar-refractivity contribution in [3.8, 4) is 57.2 Å². The quantitative estimate of drug-likeness (QED) is 0.223. The van der Waals surface area contributed by atoms with Crippen LogP contribution >= 0.6 is 11.3 Å². The van der Waals surface area contributed by atoms with Crippen molar-refractivity contribution in [3.05, 3.63) is 121 Å². The van der Waals surface area contributed by atoms with Crippen molar-refractivity contribution in [2.75, 3.05) is 0 Å². The molecule has 5 heterocycles. The van der Waals surface area contributed by atoms with Gasteiger partial charge in [0.15, 0.2) is 0 Å². The van der Waals surface area contributed by atoms with E-state index < -0.39 is 0 Å². The molecule has 41 heavy (non-hydrogen) atoms. The predicted octanol–water partition coefficient (Wildman–Crippen LogP) is 8.05. The van der Waals surface area contributed by atoms with Crippen LogP contribution in [0.25, 0.3) is 65.2 Å². The van der Waals surface area contributed by atoms with Gasteiger partial charge in [-0.3, -0.25) is 9.97 Å². The second kappa shape index (κ2) is 10.1. The van der Waals surface area contributed by atoms with E-state index in [-0.39, 0.29) is 0 Å². The third kappa shape index (κ3) is 4.57. The minimum absolute atomic E-state index is 0.507. The average molecular weight is 543 g/mol. The molecule has 0 amide bonds. The summed E-state index contributed by atoms with van der Waals surface area (Å²) in [5.41, 5.74) is 7.97. The van der Waals surface area contributed by atoms with Crippen molar-refractivity contribution in [2.45, 2.75) is 0 Å². The van der Waals surface area contributed by atoms with E-state index in [0.29, 0.717) is 11.1 Å². The third-order valence-electron chi connectivity index (χ3n) is 6.89. The van der Waals surface area contributed by atoms with Crippen LogP contribution in [0.2, 0.25) is 0 Å². The summed E-state index contributed by atoms with van der Waals surface area (Å²) in [4.78, 5) is 18.1. The van der Waals surface area contributed by atoms with E-state index in [4.69, 9.17) is 9.97 Å². The highest BCUT2D eigenvalue weighted by molar-refractivity contribution is 7.25. The zero-order chi connectivity index (χ0) is 27.8. The number of nitrogens with zero attached hydrogens (tertiary/aromatic N) is 6. The molecular weight excluding hydrogens is 524 g/mol. The van der Waals surface area contributed by atoms with Crippen molar-refractivity contribution in [3.63, 3.8) is 0 Å². The van der Waals surface area contributed by atoms with Crippen LogP contribution in [0.1, 0.15) is 11.1 Å². The Bertz CT molecular complexity index is 2050. The number of fused-ring (bicyclic) bond motifs is 3. The Balaban J connectivity index is 1.25. The lowest BCUT2D eigenvalue weighted by atomic mass is 10.0. The highest BCUT2D eigenvalue weighted by Gasteiger charge is 2.11. The third-order valence-corrected chi connectivity index (χ3v) is 8.00. The van der Waals surface area contributed by atoms with Crippen molar-refractivity contribution >= 4 is 31.5 Å². The molecule has 7 aromatic rings. The van der Waals surface area contributed by atoms with Gasteiger partial charge < -0.3 is 0 Å². The molecule has 0 spiro atoms. The lowest BCUT2D eigenvalue weighted by Gasteiger charge is -2.06. The summed E-state index contributed by atoms with van der Waals surface area (Å²) < 4.78 is 2.35. The van der Waals surface area contributed by atoms with Crippen LogP contribution < -0.4 is 0 Å². The molecule has 5 aromatic heterocycles. The maximum Gasteiger partial charge on any atom is 0.101 e. The van der Waals surface area contributed by atoms with Crippen LogP contribution in [-0.2, 0) is 0 Å².